The Kier molecular flexibility index (Phi) is 3.36. The highest BCUT2D eigenvalue weighted by Gasteiger charge is 2.40. The van der Waals surface area contributed by atoms with Gasteiger partial charge in [-0.2, -0.15) is 0 Å². The van der Waals surface area contributed by atoms with Gasteiger partial charge in [0.25, 0.3) is 0 Å². The van der Waals surface area contributed by atoms with Crippen LogP contribution in [0.1, 0.15) is 40.5 Å². The number of aliphatic hydroxyl groups is 1. The largest absolute Gasteiger partial charge is 0.396 e. The molecule has 0 radical (unpaired) electrons. The first-order valence-electron chi connectivity index (χ1n) is 5.29. The van der Waals surface area contributed by atoms with Crippen molar-refractivity contribution in [2.45, 2.75) is 52.2 Å². The van der Waals surface area contributed by atoms with E-state index in [0.717, 1.165) is 12.8 Å². The summed E-state index contributed by atoms with van der Waals surface area (Å²) in [4.78, 5) is 0. The average molecular weight is 186 g/mol. The van der Waals surface area contributed by atoms with Gasteiger partial charge < -0.3 is 9.84 Å². The lowest BCUT2D eigenvalue weighted by Crippen LogP contribution is -2.29. The van der Waals surface area contributed by atoms with Crippen LogP contribution in [0.25, 0.3) is 0 Å². The number of aliphatic hydroxyl groups excluding tert-OH is 1. The Hall–Kier alpha value is -0.0800. The van der Waals surface area contributed by atoms with E-state index in [1.165, 1.54) is 0 Å². The van der Waals surface area contributed by atoms with Crippen molar-refractivity contribution >= 4 is 0 Å². The molecule has 0 bridgehead atoms. The van der Waals surface area contributed by atoms with Crippen molar-refractivity contribution in [1.82, 2.24) is 0 Å². The molecule has 0 saturated carbocycles. The smallest absolute Gasteiger partial charge is 0.0658 e. The summed E-state index contributed by atoms with van der Waals surface area (Å²) in [6, 6.07) is 0. The Morgan fingerprint density at radius 2 is 2.15 bits per heavy atom. The van der Waals surface area contributed by atoms with E-state index in [2.05, 4.69) is 27.7 Å². The maximum atomic E-state index is 9.19. The molecule has 1 saturated heterocycles. The number of ether oxygens (including phenoxy) is 1. The molecule has 0 aliphatic carbocycles. The van der Waals surface area contributed by atoms with Gasteiger partial charge in [-0.1, -0.05) is 13.8 Å². The van der Waals surface area contributed by atoms with E-state index in [1.807, 2.05) is 0 Å². The first-order valence-corrected chi connectivity index (χ1v) is 5.29. The van der Waals surface area contributed by atoms with E-state index in [0.29, 0.717) is 11.8 Å². The monoisotopic (exact) mass is 186 g/mol. The Morgan fingerprint density at radius 3 is 2.46 bits per heavy atom. The second kappa shape index (κ2) is 3.97. The topological polar surface area (TPSA) is 29.5 Å². The Bertz CT molecular complexity index is 161. The molecule has 1 rings (SSSR count). The zero-order valence-corrected chi connectivity index (χ0v) is 9.21. The highest BCUT2D eigenvalue weighted by Crippen LogP contribution is 2.38. The molecule has 1 N–H and O–H groups in total. The third-order valence-corrected chi connectivity index (χ3v) is 3.05. The van der Waals surface area contributed by atoms with E-state index in [9.17, 15) is 5.11 Å². The van der Waals surface area contributed by atoms with Crippen molar-refractivity contribution in [2.75, 3.05) is 6.61 Å². The first-order chi connectivity index (χ1) is 6.00. The first kappa shape index (κ1) is 11.0. The predicted octanol–water partition coefficient (Wildman–Crippen LogP) is 2.21. The maximum Gasteiger partial charge on any atom is 0.0658 e. The summed E-state index contributed by atoms with van der Waals surface area (Å²) in [5, 5.41) is 9.19. The molecule has 2 nitrogen and oxygen atoms in total. The van der Waals surface area contributed by atoms with Crippen molar-refractivity contribution in [2.24, 2.45) is 11.8 Å². The van der Waals surface area contributed by atoms with Gasteiger partial charge in [0.1, 0.15) is 0 Å². The van der Waals surface area contributed by atoms with Gasteiger partial charge in [0.15, 0.2) is 0 Å². The van der Waals surface area contributed by atoms with Crippen LogP contribution in [0.15, 0.2) is 0 Å². The number of hydrogen-bond donors (Lipinski definition) is 1. The van der Waals surface area contributed by atoms with Crippen LogP contribution in [-0.2, 0) is 4.74 Å². The molecule has 2 heteroatoms. The van der Waals surface area contributed by atoms with Gasteiger partial charge in [-0.15, -0.1) is 0 Å². The van der Waals surface area contributed by atoms with Gasteiger partial charge >= 0.3 is 0 Å². The summed E-state index contributed by atoms with van der Waals surface area (Å²) in [6.07, 6.45) is 2.36. The van der Waals surface area contributed by atoms with E-state index in [1.54, 1.807) is 0 Å². The SMILES string of the molecule is CCC(CO)C1OC(C)(C)CC1C. The van der Waals surface area contributed by atoms with Crippen molar-refractivity contribution < 1.29 is 9.84 Å². The van der Waals surface area contributed by atoms with E-state index in [-0.39, 0.29) is 18.3 Å². The van der Waals surface area contributed by atoms with Crippen molar-refractivity contribution in [3.63, 3.8) is 0 Å². The summed E-state index contributed by atoms with van der Waals surface area (Å²) >= 11 is 0. The molecule has 3 unspecified atom stereocenters. The number of rotatable bonds is 3. The molecule has 3 atom stereocenters. The lowest BCUT2D eigenvalue weighted by Gasteiger charge is -2.25. The fraction of sp³-hybridized carbons (Fsp3) is 1.00. The third-order valence-electron chi connectivity index (χ3n) is 3.05. The van der Waals surface area contributed by atoms with Crippen molar-refractivity contribution in [3.8, 4) is 0 Å². The quantitative estimate of drug-likeness (QED) is 0.732. The van der Waals surface area contributed by atoms with Crippen LogP contribution in [0.5, 0.6) is 0 Å². The summed E-state index contributed by atoms with van der Waals surface area (Å²) < 4.78 is 5.94. The normalized spacial score (nSPS) is 34.8. The lowest BCUT2D eigenvalue weighted by molar-refractivity contribution is -0.0579. The molecule has 13 heavy (non-hydrogen) atoms. The molecule has 0 amide bonds. The van der Waals surface area contributed by atoms with Gasteiger partial charge in [-0.3, -0.25) is 0 Å². The van der Waals surface area contributed by atoms with Gasteiger partial charge in [0.2, 0.25) is 0 Å². The molecule has 0 aromatic carbocycles. The van der Waals surface area contributed by atoms with Crippen LogP contribution in [-0.4, -0.2) is 23.4 Å². The lowest BCUT2D eigenvalue weighted by atomic mass is 9.88. The minimum Gasteiger partial charge on any atom is -0.396 e. The number of hydrogen-bond acceptors (Lipinski definition) is 2. The van der Waals surface area contributed by atoms with Crippen LogP contribution in [0.2, 0.25) is 0 Å². The van der Waals surface area contributed by atoms with Gasteiger partial charge in [0.05, 0.1) is 11.7 Å². The van der Waals surface area contributed by atoms with Crippen LogP contribution in [0, 0.1) is 11.8 Å². The van der Waals surface area contributed by atoms with Crippen LogP contribution in [0.4, 0.5) is 0 Å². The Morgan fingerprint density at radius 1 is 1.54 bits per heavy atom. The average Bonchev–Trinajstić information content (AvgIpc) is 2.28. The summed E-state index contributed by atoms with van der Waals surface area (Å²) in [5.74, 6) is 0.892. The van der Waals surface area contributed by atoms with Crippen LogP contribution in [0.3, 0.4) is 0 Å². The zero-order chi connectivity index (χ0) is 10.1. The van der Waals surface area contributed by atoms with Crippen LogP contribution < -0.4 is 0 Å². The van der Waals surface area contributed by atoms with E-state index < -0.39 is 0 Å². The molecule has 0 spiro atoms. The van der Waals surface area contributed by atoms with Gasteiger partial charge in [-0.05, 0) is 32.6 Å². The van der Waals surface area contributed by atoms with Crippen molar-refractivity contribution in [1.29, 1.82) is 0 Å². The highest BCUT2D eigenvalue weighted by atomic mass is 16.5. The molecule has 0 aromatic heterocycles. The molecule has 1 aliphatic rings. The standard InChI is InChI=1S/C11H22O2/c1-5-9(7-12)10-8(2)6-11(3,4)13-10/h8-10,12H,5-7H2,1-4H3. The molecule has 1 fully saturated rings. The minimum absolute atomic E-state index is 0.00662. The zero-order valence-electron chi connectivity index (χ0n) is 9.21. The molecule has 0 aromatic rings. The minimum atomic E-state index is 0.00662. The molecule has 1 aliphatic heterocycles. The Labute approximate surface area is 81.3 Å². The fourth-order valence-electron chi connectivity index (χ4n) is 2.45. The maximum absolute atomic E-state index is 9.19. The van der Waals surface area contributed by atoms with E-state index >= 15 is 0 Å². The predicted molar refractivity (Wildman–Crippen MR) is 53.6 cm³/mol. The van der Waals surface area contributed by atoms with Crippen LogP contribution >= 0.6 is 0 Å². The van der Waals surface area contributed by atoms with Crippen molar-refractivity contribution in [3.05, 3.63) is 0 Å². The molecular formula is C11H22O2. The molecular weight excluding hydrogens is 164 g/mol. The highest BCUT2D eigenvalue weighted by molar-refractivity contribution is 4.88. The summed E-state index contributed by atoms with van der Waals surface area (Å²) in [6.45, 7) is 8.85. The third kappa shape index (κ3) is 2.44. The van der Waals surface area contributed by atoms with Gasteiger partial charge in [-0.25, -0.2) is 0 Å². The Balaban J connectivity index is 2.61. The van der Waals surface area contributed by atoms with E-state index in [4.69, 9.17) is 4.74 Å². The fourth-order valence-corrected chi connectivity index (χ4v) is 2.45. The van der Waals surface area contributed by atoms with Gasteiger partial charge in [0, 0.05) is 12.5 Å². The summed E-state index contributed by atoms with van der Waals surface area (Å²) in [7, 11) is 0. The second-order valence-corrected chi connectivity index (χ2v) is 4.87. The molecule has 78 valence electrons. The summed E-state index contributed by atoms with van der Waals surface area (Å²) in [5.41, 5.74) is 0.00662. The molecule has 1 heterocycles. The second-order valence-electron chi connectivity index (χ2n) is 4.87.